The van der Waals surface area contributed by atoms with Crippen molar-refractivity contribution in [3.63, 3.8) is 0 Å². The van der Waals surface area contributed by atoms with Gasteiger partial charge in [-0.05, 0) is 12.1 Å². The monoisotopic (exact) mass is 284 g/mol. The fourth-order valence-corrected chi connectivity index (χ4v) is 1.80. The van der Waals surface area contributed by atoms with Gasteiger partial charge in [0.1, 0.15) is 11.4 Å². The summed E-state index contributed by atoms with van der Waals surface area (Å²) in [4.78, 5) is 4.24. The van der Waals surface area contributed by atoms with Crippen molar-refractivity contribution in [2.24, 2.45) is 0 Å². The minimum Gasteiger partial charge on any atom is -0.508 e. The molecule has 1 N–H and O–H groups in total. The molecule has 0 bridgehead atoms. The van der Waals surface area contributed by atoms with Crippen LogP contribution in [0.1, 0.15) is 11.5 Å². The van der Waals surface area contributed by atoms with Gasteiger partial charge in [0.25, 0.3) is 0 Å². The quantitative estimate of drug-likeness (QED) is 0.781. The summed E-state index contributed by atoms with van der Waals surface area (Å²) < 4.78 is 10.1. The zero-order valence-electron chi connectivity index (χ0n) is 11.2. The van der Waals surface area contributed by atoms with Crippen LogP contribution < -0.4 is 4.74 Å². The Morgan fingerprint density at radius 3 is 2.71 bits per heavy atom. The smallest absolute Gasteiger partial charge is 0.233 e. The molecule has 2 heterocycles. The number of nitrogens with zero attached hydrogens (tertiary/aromatic N) is 4. The van der Waals surface area contributed by atoms with Crippen LogP contribution >= 0.6 is 0 Å². The van der Waals surface area contributed by atoms with Crippen LogP contribution in [0.5, 0.6) is 11.6 Å². The summed E-state index contributed by atoms with van der Waals surface area (Å²) in [7, 11) is 1.52. The topological polar surface area (TPSA) is 94.2 Å². The second-order valence-corrected chi connectivity index (χ2v) is 4.28. The Balaban J connectivity index is 1.81. The van der Waals surface area contributed by atoms with Gasteiger partial charge in [-0.25, -0.2) is 0 Å². The van der Waals surface area contributed by atoms with Gasteiger partial charge in [-0.15, -0.1) is 10.2 Å². The number of methoxy groups -OCH3 is 1. The molecule has 0 atom stereocenters. The maximum Gasteiger partial charge on any atom is 0.233 e. The van der Waals surface area contributed by atoms with Gasteiger partial charge in [-0.1, -0.05) is 23.4 Å². The van der Waals surface area contributed by atoms with Crippen molar-refractivity contribution < 1.29 is 14.4 Å². The molecule has 3 aromatic rings. The first kappa shape index (κ1) is 13.0. The first-order valence-corrected chi connectivity index (χ1v) is 6.24. The molecule has 0 fully saturated rings. The molecule has 1 aromatic carbocycles. The summed E-state index contributed by atoms with van der Waals surface area (Å²) in [5.74, 6) is 1.35. The molecule has 2 aromatic heterocycles. The molecule has 0 spiro atoms. The summed E-state index contributed by atoms with van der Waals surface area (Å²) in [5.41, 5.74) is 1.21. The molecule has 0 saturated heterocycles. The number of ether oxygens (including phenoxy) is 1. The number of hydrogen-bond acceptors (Lipinski definition) is 7. The van der Waals surface area contributed by atoms with Crippen molar-refractivity contribution >= 4 is 0 Å². The second-order valence-electron chi connectivity index (χ2n) is 4.28. The molecule has 0 aliphatic carbocycles. The van der Waals surface area contributed by atoms with E-state index < -0.39 is 0 Å². The van der Waals surface area contributed by atoms with Gasteiger partial charge in [0.2, 0.25) is 17.6 Å². The summed E-state index contributed by atoms with van der Waals surface area (Å²) in [6, 6.07) is 10.4. The molecule has 0 saturated carbocycles. The van der Waals surface area contributed by atoms with Crippen LogP contribution in [0.4, 0.5) is 0 Å². The highest BCUT2D eigenvalue weighted by molar-refractivity contribution is 5.47. The molecule has 7 nitrogen and oxygen atoms in total. The van der Waals surface area contributed by atoms with Crippen LogP contribution in [-0.4, -0.2) is 32.6 Å². The summed E-state index contributed by atoms with van der Waals surface area (Å²) in [6.07, 6.45) is 0.350. The normalized spacial score (nSPS) is 10.5. The number of hydrogen-bond donors (Lipinski definition) is 1. The van der Waals surface area contributed by atoms with Crippen molar-refractivity contribution in [3.05, 3.63) is 47.9 Å². The summed E-state index contributed by atoms with van der Waals surface area (Å²) >= 11 is 0. The zero-order valence-corrected chi connectivity index (χ0v) is 11.2. The largest absolute Gasteiger partial charge is 0.508 e. The van der Waals surface area contributed by atoms with E-state index in [1.54, 1.807) is 30.3 Å². The molecule has 0 radical (unpaired) electrons. The Bertz CT molecular complexity index is 740. The van der Waals surface area contributed by atoms with Gasteiger partial charge in [0.05, 0.1) is 13.5 Å². The predicted molar refractivity (Wildman–Crippen MR) is 72.8 cm³/mol. The van der Waals surface area contributed by atoms with Crippen LogP contribution in [0.15, 0.2) is 40.9 Å². The number of phenols is 1. The average Bonchev–Trinajstić information content (AvgIpc) is 2.98. The van der Waals surface area contributed by atoms with Crippen LogP contribution in [0.25, 0.3) is 11.5 Å². The maximum absolute atomic E-state index is 9.73. The minimum absolute atomic E-state index is 0.196. The molecular formula is C14H12N4O3. The van der Waals surface area contributed by atoms with Gasteiger partial charge in [0.15, 0.2) is 0 Å². The number of para-hydroxylation sites is 1. The lowest BCUT2D eigenvalue weighted by Crippen LogP contribution is -1.93. The standard InChI is InChI=1S/C14H12N4O3/c1-20-12-7-6-10(16-17-12)14-15-13(21-18-14)8-9-4-2-3-5-11(9)19/h2-7,19H,8H2,1H3. The Morgan fingerprint density at radius 1 is 1.14 bits per heavy atom. The number of benzene rings is 1. The molecular weight excluding hydrogens is 272 g/mol. The third kappa shape index (κ3) is 2.81. The van der Waals surface area contributed by atoms with E-state index in [9.17, 15) is 5.11 Å². The minimum atomic E-state index is 0.196. The lowest BCUT2D eigenvalue weighted by Gasteiger charge is -1.99. The third-order valence-corrected chi connectivity index (χ3v) is 2.88. The number of phenolic OH excluding ortho intramolecular Hbond substituents is 1. The average molecular weight is 284 g/mol. The zero-order chi connectivity index (χ0) is 14.7. The lowest BCUT2D eigenvalue weighted by molar-refractivity contribution is 0.382. The fourth-order valence-electron chi connectivity index (χ4n) is 1.80. The van der Waals surface area contributed by atoms with Gasteiger partial charge >= 0.3 is 0 Å². The van der Waals surface area contributed by atoms with E-state index in [-0.39, 0.29) is 5.75 Å². The fraction of sp³-hybridized carbons (Fsp3) is 0.143. The van der Waals surface area contributed by atoms with Gasteiger partial charge < -0.3 is 14.4 Å². The second kappa shape index (κ2) is 5.58. The van der Waals surface area contributed by atoms with Crippen molar-refractivity contribution in [2.45, 2.75) is 6.42 Å². The number of aromatic hydroxyl groups is 1. The summed E-state index contributed by atoms with van der Waals surface area (Å²) in [5, 5.41) is 21.4. The molecule has 106 valence electrons. The molecule has 0 aliphatic rings. The molecule has 21 heavy (non-hydrogen) atoms. The van der Waals surface area contributed by atoms with E-state index in [1.165, 1.54) is 7.11 Å². The van der Waals surface area contributed by atoms with E-state index >= 15 is 0 Å². The van der Waals surface area contributed by atoms with Crippen LogP contribution in [0, 0.1) is 0 Å². The third-order valence-electron chi connectivity index (χ3n) is 2.88. The van der Waals surface area contributed by atoms with Crippen molar-refractivity contribution in [1.82, 2.24) is 20.3 Å². The Hall–Kier alpha value is -2.96. The first-order valence-electron chi connectivity index (χ1n) is 6.24. The Kier molecular flexibility index (Phi) is 3.46. The Morgan fingerprint density at radius 2 is 2.00 bits per heavy atom. The number of aromatic nitrogens is 4. The maximum atomic E-state index is 9.73. The van der Waals surface area contributed by atoms with Crippen LogP contribution in [-0.2, 0) is 6.42 Å². The van der Waals surface area contributed by atoms with Crippen molar-refractivity contribution in [1.29, 1.82) is 0 Å². The predicted octanol–water partition coefficient (Wildman–Crippen LogP) is 1.83. The number of rotatable bonds is 4. The van der Waals surface area contributed by atoms with Crippen LogP contribution in [0.2, 0.25) is 0 Å². The van der Waals surface area contributed by atoms with Crippen molar-refractivity contribution in [2.75, 3.05) is 7.11 Å². The highest BCUT2D eigenvalue weighted by atomic mass is 16.5. The highest BCUT2D eigenvalue weighted by Crippen LogP contribution is 2.20. The summed E-state index contributed by atoms with van der Waals surface area (Å²) in [6.45, 7) is 0. The molecule has 0 aliphatic heterocycles. The Labute approximate surface area is 120 Å². The van der Waals surface area contributed by atoms with E-state index in [2.05, 4.69) is 20.3 Å². The van der Waals surface area contributed by atoms with E-state index in [0.29, 0.717) is 35.3 Å². The molecule has 7 heteroatoms. The highest BCUT2D eigenvalue weighted by Gasteiger charge is 2.12. The van der Waals surface area contributed by atoms with E-state index in [4.69, 9.17) is 9.26 Å². The lowest BCUT2D eigenvalue weighted by atomic mass is 10.1. The van der Waals surface area contributed by atoms with E-state index in [1.807, 2.05) is 6.07 Å². The molecule has 0 unspecified atom stereocenters. The van der Waals surface area contributed by atoms with Gasteiger partial charge in [0, 0.05) is 11.6 Å². The molecule has 0 amide bonds. The van der Waals surface area contributed by atoms with Crippen LogP contribution in [0.3, 0.4) is 0 Å². The molecule has 3 rings (SSSR count). The van der Waals surface area contributed by atoms with Gasteiger partial charge in [-0.3, -0.25) is 0 Å². The van der Waals surface area contributed by atoms with Crippen molar-refractivity contribution in [3.8, 4) is 23.1 Å². The SMILES string of the molecule is COc1ccc(-c2noc(Cc3ccccc3O)n2)nn1. The van der Waals surface area contributed by atoms with Gasteiger partial charge in [-0.2, -0.15) is 4.98 Å². The van der Waals surface area contributed by atoms with E-state index in [0.717, 1.165) is 0 Å². The first-order chi connectivity index (χ1) is 10.3.